The van der Waals surface area contributed by atoms with E-state index in [-0.39, 0.29) is 11.7 Å². The molecule has 0 saturated heterocycles. The van der Waals surface area contributed by atoms with Gasteiger partial charge >= 0.3 is 0 Å². The van der Waals surface area contributed by atoms with Crippen molar-refractivity contribution in [3.05, 3.63) is 11.7 Å². The predicted molar refractivity (Wildman–Crippen MR) is 74.4 cm³/mol. The molecule has 1 aromatic rings. The van der Waals surface area contributed by atoms with Crippen molar-refractivity contribution >= 4 is 5.78 Å². The first kappa shape index (κ1) is 15.2. The number of ether oxygens (including phenoxy) is 1. The molecule has 1 heterocycles. The molecule has 20 heavy (non-hydrogen) atoms. The Morgan fingerprint density at radius 3 is 2.85 bits per heavy atom. The van der Waals surface area contributed by atoms with Gasteiger partial charge in [0.2, 0.25) is 11.7 Å². The molecule has 0 amide bonds. The number of rotatable bonds is 5. The number of hydrogen-bond acceptors (Lipinski definition) is 5. The Hall–Kier alpha value is -1.23. The van der Waals surface area contributed by atoms with Gasteiger partial charge in [0.25, 0.3) is 0 Å². The van der Waals surface area contributed by atoms with Crippen LogP contribution in [-0.4, -0.2) is 22.5 Å². The van der Waals surface area contributed by atoms with E-state index in [1.54, 1.807) is 0 Å². The summed E-state index contributed by atoms with van der Waals surface area (Å²) in [5.41, 5.74) is -0.537. The zero-order chi connectivity index (χ0) is 14.6. The van der Waals surface area contributed by atoms with Crippen molar-refractivity contribution in [1.82, 2.24) is 10.1 Å². The molecule has 5 nitrogen and oxygen atoms in total. The van der Waals surface area contributed by atoms with E-state index in [2.05, 4.69) is 10.1 Å². The minimum absolute atomic E-state index is 0.221. The predicted octanol–water partition coefficient (Wildman–Crippen LogP) is 3.35. The summed E-state index contributed by atoms with van der Waals surface area (Å²) >= 11 is 0. The summed E-state index contributed by atoms with van der Waals surface area (Å²) in [6, 6.07) is 0. The molecule has 1 aliphatic rings. The molecule has 0 radical (unpaired) electrons. The fourth-order valence-electron chi connectivity index (χ4n) is 2.66. The lowest BCUT2D eigenvalue weighted by molar-refractivity contribution is -0.120. The molecule has 5 heteroatoms. The van der Waals surface area contributed by atoms with E-state index in [1.807, 2.05) is 20.8 Å². The van der Waals surface area contributed by atoms with Crippen molar-refractivity contribution in [3.63, 3.8) is 0 Å². The Kier molecular flexibility index (Phi) is 4.91. The third-order valence-electron chi connectivity index (χ3n) is 4.16. The van der Waals surface area contributed by atoms with Crippen LogP contribution in [0.3, 0.4) is 0 Å². The van der Waals surface area contributed by atoms with Gasteiger partial charge in [-0.3, -0.25) is 4.79 Å². The number of nitrogens with zero attached hydrogens (tertiary/aromatic N) is 2. The van der Waals surface area contributed by atoms with Gasteiger partial charge in [-0.15, -0.1) is 0 Å². The first-order chi connectivity index (χ1) is 9.60. The number of carbonyl (C=O) groups is 1. The smallest absolute Gasteiger partial charge is 0.237 e. The molecule has 1 aromatic heterocycles. The maximum Gasteiger partial charge on any atom is 0.237 e. The van der Waals surface area contributed by atoms with Crippen LogP contribution in [0, 0.1) is 0 Å². The zero-order valence-corrected chi connectivity index (χ0v) is 12.6. The Bertz CT molecular complexity index is 458. The van der Waals surface area contributed by atoms with Crippen LogP contribution in [0.2, 0.25) is 0 Å². The van der Waals surface area contributed by atoms with E-state index in [1.165, 1.54) is 0 Å². The van der Waals surface area contributed by atoms with Crippen LogP contribution >= 0.6 is 0 Å². The average Bonchev–Trinajstić information content (AvgIpc) is 2.83. The maximum atomic E-state index is 12.1. The highest BCUT2D eigenvalue weighted by Gasteiger charge is 2.34. The Balaban J connectivity index is 2.21. The Morgan fingerprint density at radius 1 is 1.35 bits per heavy atom. The molecule has 112 valence electrons. The summed E-state index contributed by atoms with van der Waals surface area (Å²) in [6.07, 6.45) is 5.33. The number of aromatic nitrogens is 2. The minimum atomic E-state index is -0.537. The lowest BCUT2D eigenvalue weighted by atomic mass is 9.98. The maximum absolute atomic E-state index is 12.1. The monoisotopic (exact) mass is 280 g/mol. The largest absolute Gasteiger partial charge is 0.367 e. The first-order valence-electron chi connectivity index (χ1n) is 7.61. The Labute approximate surface area is 120 Å². The summed E-state index contributed by atoms with van der Waals surface area (Å²) in [4.78, 5) is 16.6. The normalized spacial score (nSPS) is 23.4. The van der Waals surface area contributed by atoms with Gasteiger partial charge in [-0.25, -0.2) is 0 Å². The lowest BCUT2D eigenvalue weighted by Crippen LogP contribution is -2.26. The summed E-state index contributed by atoms with van der Waals surface area (Å²) in [6.45, 7) is 6.53. The van der Waals surface area contributed by atoms with Crippen LogP contribution in [0.25, 0.3) is 0 Å². The average molecular weight is 280 g/mol. The molecule has 1 saturated carbocycles. The number of hydrogen-bond donors (Lipinski definition) is 0. The van der Waals surface area contributed by atoms with Crippen molar-refractivity contribution in [2.24, 2.45) is 0 Å². The molecule has 1 fully saturated rings. The van der Waals surface area contributed by atoms with Crippen molar-refractivity contribution in [3.8, 4) is 0 Å². The van der Waals surface area contributed by atoms with Gasteiger partial charge in [-0.2, -0.15) is 4.98 Å². The number of carbonyl (C=O) groups excluding carboxylic acids is 1. The highest BCUT2D eigenvalue weighted by atomic mass is 16.5. The van der Waals surface area contributed by atoms with Crippen molar-refractivity contribution < 1.29 is 14.1 Å². The molecule has 2 atom stereocenters. The van der Waals surface area contributed by atoms with Crippen molar-refractivity contribution in [1.29, 1.82) is 0 Å². The summed E-state index contributed by atoms with van der Waals surface area (Å²) < 4.78 is 11.1. The molecule has 2 unspecified atom stereocenters. The van der Waals surface area contributed by atoms with Crippen LogP contribution in [0.4, 0.5) is 0 Å². The van der Waals surface area contributed by atoms with Gasteiger partial charge in [0.1, 0.15) is 11.4 Å². The molecule has 1 aliphatic carbocycles. The van der Waals surface area contributed by atoms with Gasteiger partial charge in [0.05, 0.1) is 5.92 Å². The highest BCUT2D eigenvalue weighted by Crippen LogP contribution is 2.31. The van der Waals surface area contributed by atoms with Crippen molar-refractivity contribution in [2.75, 3.05) is 6.61 Å². The molecule has 2 rings (SSSR count). The molecular weight excluding hydrogens is 256 g/mol. The summed E-state index contributed by atoms with van der Waals surface area (Å²) in [5, 5.41) is 4.05. The third kappa shape index (κ3) is 3.08. The second-order valence-corrected chi connectivity index (χ2v) is 5.59. The molecule has 0 N–H and O–H groups in total. The first-order valence-corrected chi connectivity index (χ1v) is 7.61. The molecule has 0 bridgehead atoms. The fourth-order valence-corrected chi connectivity index (χ4v) is 2.66. The van der Waals surface area contributed by atoms with Crippen LogP contribution in [-0.2, 0) is 15.1 Å². The second kappa shape index (κ2) is 6.48. The van der Waals surface area contributed by atoms with Gasteiger partial charge in [-0.1, -0.05) is 24.9 Å². The Morgan fingerprint density at radius 2 is 2.15 bits per heavy atom. The van der Waals surface area contributed by atoms with Crippen LogP contribution < -0.4 is 0 Å². The second-order valence-electron chi connectivity index (χ2n) is 5.59. The van der Waals surface area contributed by atoms with Crippen molar-refractivity contribution in [2.45, 2.75) is 70.8 Å². The number of Topliss-reactive ketones (excluding diaryl/α,β-unsaturated/α-hetero) is 1. The standard InChI is InChI=1S/C15H24N2O3/c1-4-15(3,19-5-2)14-16-13(20-17-14)11-9-7-6-8-10-12(11)18/h11H,4-10H2,1-3H3. The molecule has 0 spiro atoms. The van der Waals surface area contributed by atoms with Crippen LogP contribution in [0.15, 0.2) is 4.52 Å². The quantitative estimate of drug-likeness (QED) is 0.774. The lowest BCUT2D eigenvalue weighted by Gasteiger charge is -2.23. The fraction of sp³-hybridized carbons (Fsp3) is 0.800. The number of ketones is 1. The molecule has 0 aromatic carbocycles. The van der Waals surface area contributed by atoms with Crippen LogP contribution in [0.5, 0.6) is 0 Å². The SMILES string of the molecule is CCOC(C)(CC)c1noc(C2CCCCCC2=O)n1. The van der Waals surface area contributed by atoms with E-state index in [0.29, 0.717) is 24.7 Å². The molecule has 0 aliphatic heterocycles. The third-order valence-corrected chi connectivity index (χ3v) is 4.16. The zero-order valence-electron chi connectivity index (χ0n) is 12.6. The highest BCUT2D eigenvalue weighted by molar-refractivity contribution is 5.84. The van der Waals surface area contributed by atoms with E-state index in [4.69, 9.17) is 9.26 Å². The van der Waals surface area contributed by atoms with Gasteiger partial charge < -0.3 is 9.26 Å². The van der Waals surface area contributed by atoms with Crippen LogP contribution in [0.1, 0.15) is 76.9 Å². The summed E-state index contributed by atoms with van der Waals surface area (Å²) in [5.74, 6) is 1.02. The summed E-state index contributed by atoms with van der Waals surface area (Å²) in [7, 11) is 0. The van der Waals surface area contributed by atoms with Gasteiger partial charge in [0.15, 0.2) is 0 Å². The topological polar surface area (TPSA) is 65.2 Å². The van der Waals surface area contributed by atoms with E-state index in [0.717, 1.165) is 32.1 Å². The van der Waals surface area contributed by atoms with E-state index >= 15 is 0 Å². The molecular formula is C15H24N2O3. The van der Waals surface area contributed by atoms with E-state index < -0.39 is 5.60 Å². The van der Waals surface area contributed by atoms with E-state index in [9.17, 15) is 4.79 Å². The minimum Gasteiger partial charge on any atom is -0.367 e. The van der Waals surface area contributed by atoms with Gasteiger partial charge in [0, 0.05) is 13.0 Å². The van der Waals surface area contributed by atoms with Gasteiger partial charge in [-0.05, 0) is 33.1 Å².